The van der Waals surface area contributed by atoms with Crippen LogP contribution in [0.1, 0.15) is 65.5 Å². The van der Waals surface area contributed by atoms with E-state index in [0.717, 1.165) is 21.4 Å². The van der Waals surface area contributed by atoms with Crippen LogP contribution < -0.4 is 4.90 Å². The maximum Gasteiger partial charge on any atom is 0.416 e. The maximum absolute atomic E-state index is 13.8. The van der Waals surface area contributed by atoms with Gasteiger partial charge in [-0.15, -0.1) is 0 Å². The Morgan fingerprint density at radius 1 is 0.886 bits per heavy atom. The van der Waals surface area contributed by atoms with Crippen molar-refractivity contribution in [3.05, 3.63) is 78.0 Å². The number of hydrogen-bond acceptors (Lipinski definition) is 7. The third-order valence-electron chi connectivity index (χ3n) is 6.38. The number of carbonyl (C=O) groups excluding carboxylic acids is 2. The first-order valence-corrected chi connectivity index (χ1v) is 15.0. The lowest BCUT2D eigenvalue weighted by Crippen LogP contribution is -2.41. The summed E-state index contributed by atoms with van der Waals surface area (Å²) >= 11 is 1.25. The molecule has 0 aliphatic rings. The Labute approximate surface area is 259 Å². The maximum atomic E-state index is 13.8. The highest BCUT2D eigenvalue weighted by Crippen LogP contribution is 2.34. The van der Waals surface area contributed by atoms with Gasteiger partial charge in [-0.25, -0.2) is 23.5 Å². The molecule has 1 atom stereocenters. The smallest absolute Gasteiger partial charge is 0.416 e. The van der Waals surface area contributed by atoms with Gasteiger partial charge in [-0.1, -0.05) is 47.7 Å². The molecule has 44 heavy (non-hydrogen) atoms. The number of ether oxygens (including phenoxy) is 2. The van der Waals surface area contributed by atoms with Crippen molar-refractivity contribution in [3.8, 4) is 10.4 Å². The number of aromatic nitrogens is 2. The molecule has 234 valence electrons. The summed E-state index contributed by atoms with van der Waals surface area (Å²) in [4.78, 5) is 36.9. The number of benzene rings is 2. The molecular weight excluding hydrogens is 591 g/mol. The number of alkyl halides is 2. The quantitative estimate of drug-likeness (QED) is 0.136. The number of hydrogen-bond donors (Lipinski definition) is 0. The van der Waals surface area contributed by atoms with Crippen LogP contribution in [-0.2, 0) is 20.7 Å². The Hall–Kier alpha value is -3.99. The molecule has 7 nitrogen and oxygen atoms in total. The average molecular weight is 628 g/mol. The molecule has 0 N–H and O–H groups in total. The molecule has 0 saturated heterocycles. The van der Waals surface area contributed by atoms with Crippen LogP contribution in [0, 0.1) is 11.9 Å². The molecule has 2 aromatic heterocycles. The molecule has 0 fully saturated rings. The second-order valence-corrected chi connectivity index (χ2v) is 13.6. The van der Waals surface area contributed by atoms with E-state index in [4.69, 9.17) is 9.47 Å². The first-order valence-electron chi connectivity index (χ1n) is 14.2. The van der Waals surface area contributed by atoms with Gasteiger partial charge < -0.3 is 9.47 Å². The number of thiazole rings is 1. The van der Waals surface area contributed by atoms with Crippen LogP contribution >= 0.6 is 11.3 Å². The number of pyridine rings is 1. The Balaban J connectivity index is 1.67. The number of esters is 1. The fourth-order valence-corrected chi connectivity index (χ4v) is 5.46. The highest BCUT2D eigenvalue weighted by Gasteiger charge is 2.30. The number of nitrogens with zero attached hydrogens (tertiary/aromatic N) is 3. The Morgan fingerprint density at radius 2 is 1.57 bits per heavy atom. The van der Waals surface area contributed by atoms with E-state index in [2.05, 4.69) is 9.97 Å². The zero-order chi connectivity index (χ0) is 32.2. The standard InChI is InChI=1S/C33H36F3N3O4S/c1-32(2,3)42-28(40)14-21(13-20-7-9-22(10-8-20)29(35)36)19-39(31(41)43-33(4,5)6)30-38-18-26(44-30)23-11-12-24-17-37-27(34)16-25(24)15-23/h7-12,15-18,21,29H,13-14,19H2,1-6H3/t21-/m1/s1. The number of carbonyl (C=O) groups is 2. The molecule has 0 radical (unpaired) electrons. The van der Waals surface area contributed by atoms with Crippen LogP contribution in [0.2, 0.25) is 0 Å². The van der Waals surface area contributed by atoms with Crippen molar-refractivity contribution in [2.75, 3.05) is 11.4 Å². The van der Waals surface area contributed by atoms with Gasteiger partial charge >= 0.3 is 12.1 Å². The monoisotopic (exact) mass is 627 g/mol. The lowest BCUT2D eigenvalue weighted by Gasteiger charge is -2.29. The summed E-state index contributed by atoms with van der Waals surface area (Å²) in [7, 11) is 0. The summed E-state index contributed by atoms with van der Waals surface area (Å²) in [6, 6.07) is 12.8. The molecule has 4 aromatic rings. The zero-order valence-corrected chi connectivity index (χ0v) is 26.4. The highest BCUT2D eigenvalue weighted by molar-refractivity contribution is 7.19. The van der Waals surface area contributed by atoms with Crippen molar-refractivity contribution in [2.45, 2.75) is 72.0 Å². The van der Waals surface area contributed by atoms with E-state index in [0.29, 0.717) is 16.9 Å². The summed E-state index contributed by atoms with van der Waals surface area (Å²) in [5.74, 6) is -1.50. The van der Waals surface area contributed by atoms with Crippen molar-refractivity contribution in [1.29, 1.82) is 0 Å². The average Bonchev–Trinajstić information content (AvgIpc) is 3.39. The summed E-state index contributed by atoms with van der Waals surface area (Å²) in [5.41, 5.74) is -0.118. The highest BCUT2D eigenvalue weighted by atomic mass is 32.1. The number of rotatable bonds is 9. The van der Waals surface area contributed by atoms with Crippen molar-refractivity contribution >= 4 is 39.3 Å². The molecule has 0 unspecified atom stereocenters. The molecule has 1 amide bonds. The fraction of sp³-hybridized carbons (Fsp3) is 0.394. The molecule has 0 spiro atoms. The lowest BCUT2D eigenvalue weighted by atomic mass is 9.95. The normalized spacial score (nSPS) is 12.8. The number of amides is 1. The summed E-state index contributed by atoms with van der Waals surface area (Å²) in [5, 5.41) is 1.79. The number of halogens is 3. The van der Waals surface area contributed by atoms with E-state index in [1.165, 1.54) is 40.6 Å². The van der Waals surface area contributed by atoms with E-state index in [-0.39, 0.29) is 18.5 Å². The lowest BCUT2D eigenvalue weighted by molar-refractivity contribution is -0.155. The molecule has 4 rings (SSSR count). The predicted molar refractivity (Wildman–Crippen MR) is 165 cm³/mol. The summed E-state index contributed by atoms with van der Waals surface area (Å²) in [6.07, 6.45) is 0.124. The minimum Gasteiger partial charge on any atom is -0.460 e. The van der Waals surface area contributed by atoms with Crippen molar-refractivity contribution in [1.82, 2.24) is 9.97 Å². The topological polar surface area (TPSA) is 81.6 Å². The Kier molecular flexibility index (Phi) is 9.98. The van der Waals surface area contributed by atoms with Gasteiger partial charge in [0.1, 0.15) is 11.2 Å². The van der Waals surface area contributed by atoms with Gasteiger partial charge in [0.25, 0.3) is 6.43 Å². The second kappa shape index (κ2) is 13.3. The molecule has 0 aliphatic heterocycles. The van der Waals surface area contributed by atoms with Gasteiger partial charge in [0.15, 0.2) is 5.13 Å². The molecule has 2 aromatic carbocycles. The van der Waals surface area contributed by atoms with E-state index < -0.39 is 41.6 Å². The van der Waals surface area contributed by atoms with Gasteiger partial charge in [-0.3, -0.25) is 9.69 Å². The van der Waals surface area contributed by atoms with Crippen LogP contribution in [0.3, 0.4) is 0 Å². The van der Waals surface area contributed by atoms with E-state index in [1.807, 2.05) is 18.2 Å². The largest absolute Gasteiger partial charge is 0.460 e. The predicted octanol–water partition coefficient (Wildman–Crippen LogP) is 8.77. The molecule has 0 aliphatic carbocycles. The van der Waals surface area contributed by atoms with Crippen LogP contribution in [-0.4, -0.2) is 39.8 Å². The van der Waals surface area contributed by atoms with Gasteiger partial charge in [0.05, 0.1) is 11.3 Å². The first kappa shape index (κ1) is 32.9. The molecule has 0 saturated carbocycles. The zero-order valence-electron chi connectivity index (χ0n) is 25.6. The van der Waals surface area contributed by atoms with Gasteiger partial charge in [-0.2, -0.15) is 4.39 Å². The summed E-state index contributed by atoms with van der Waals surface area (Å²) in [6.45, 7) is 10.6. The SMILES string of the molecule is CC(C)(C)OC(=O)C[C@@H](Cc1ccc(C(F)F)cc1)CN(C(=O)OC(C)(C)C)c1ncc(-c2ccc3cnc(F)cc3c2)s1. The van der Waals surface area contributed by atoms with Crippen molar-refractivity contribution in [3.63, 3.8) is 0 Å². The number of anilines is 1. The number of fused-ring (bicyclic) bond motifs is 1. The second-order valence-electron chi connectivity index (χ2n) is 12.6. The van der Waals surface area contributed by atoms with Crippen molar-refractivity contribution < 1.29 is 32.2 Å². The minimum absolute atomic E-state index is 0.0321. The van der Waals surface area contributed by atoms with Gasteiger partial charge in [0.2, 0.25) is 5.95 Å². The van der Waals surface area contributed by atoms with E-state index >= 15 is 0 Å². The third kappa shape index (κ3) is 9.25. The van der Waals surface area contributed by atoms with Crippen LogP contribution in [0.25, 0.3) is 21.2 Å². The van der Waals surface area contributed by atoms with E-state index in [9.17, 15) is 22.8 Å². The third-order valence-corrected chi connectivity index (χ3v) is 7.45. The van der Waals surface area contributed by atoms with Crippen molar-refractivity contribution in [2.24, 2.45) is 5.92 Å². The Morgan fingerprint density at radius 3 is 2.20 bits per heavy atom. The van der Waals surface area contributed by atoms with E-state index in [1.54, 1.807) is 59.9 Å². The molecule has 0 bridgehead atoms. The van der Waals surface area contributed by atoms with Gasteiger partial charge in [-0.05, 0) is 76.5 Å². The minimum atomic E-state index is -2.60. The van der Waals surface area contributed by atoms with Crippen LogP contribution in [0.4, 0.5) is 23.1 Å². The fourth-order valence-electron chi connectivity index (χ4n) is 4.55. The summed E-state index contributed by atoms with van der Waals surface area (Å²) < 4.78 is 51.4. The molecular formula is C33H36F3N3O4S. The molecule has 2 heterocycles. The van der Waals surface area contributed by atoms with Crippen LogP contribution in [0.5, 0.6) is 0 Å². The Bertz CT molecular complexity index is 1610. The van der Waals surface area contributed by atoms with Gasteiger partial charge in [0, 0.05) is 36.0 Å². The molecule has 11 heteroatoms. The first-order chi connectivity index (χ1) is 20.6. The van der Waals surface area contributed by atoms with Crippen LogP contribution in [0.15, 0.2) is 60.9 Å².